The zero-order valence-electron chi connectivity index (χ0n) is 16.6. The highest BCUT2D eigenvalue weighted by Crippen LogP contribution is 2.33. The fraction of sp³-hybridized carbons (Fsp3) is 0.250. The van der Waals surface area contributed by atoms with Gasteiger partial charge in [-0.1, -0.05) is 35.1 Å². The van der Waals surface area contributed by atoms with Crippen LogP contribution in [0.15, 0.2) is 36.9 Å². The zero-order chi connectivity index (χ0) is 22.1. The first-order valence-corrected chi connectivity index (χ1v) is 11.1. The van der Waals surface area contributed by atoms with Crippen LogP contribution in [0.5, 0.6) is 0 Å². The van der Waals surface area contributed by atoms with Gasteiger partial charge in [0, 0.05) is 30.2 Å². The van der Waals surface area contributed by atoms with Crippen molar-refractivity contribution in [3.05, 3.63) is 52.4 Å². The lowest BCUT2D eigenvalue weighted by molar-refractivity contribution is -0.122. The van der Waals surface area contributed by atoms with E-state index in [1.807, 2.05) is 11.5 Å². The van der Waals surface area contributed by atoms with Crippen molar-refractivity contribution in [1.29, 1.82) is 0 Å². The van der Waals surface area contributed by atoms with Gasteiger partial charge < -0.3 is 10.2 Å². The van der Waals surface area contributed by atoms with Crippen molar-refractivity contribution in [3.8, 4) is 10.7 Å². The predicted molar refractivity (Wildman–Crippen MR) is 124 cm³/mol. The highest BCUT2D eigenvalue weighted by atomic mass is 35.5. The number of benzene rings is 1. The number of hydrogen-bond donors (Lipinski definition) is 2. The quantitative estimate of drug-likeness (QED) is 0.412. The topological polar surface area (TPSA) is 95.9 Å². The standard InChI is InChI=1S/C20H19ClN6O2S2/c1-3-7-26-17(24-25-20(26)30)16-11(2)22-19(31-16)23-18(29)12-8-15(28)27(10-12)14-6-4-5-13(21)9-14/h3-6,9,12H,1,7-8,10H2,2H3,(H,25,30)(H,22,23,29). The van der Waals surface area contributed by atoms with Gasteiger partial charge in [0.05, 0.1) is 16.5 Å². The van der Waals surface area contributed by atoms with Crippen molar-refractivity contribution < 1.29 is 9.59 Å². The molecule has 11 heteroatoms. The van der Waals surface area contributed by atoms with Crippen molar-refractivity contribution in [2.75, 3.05) is 16.8 Å². The van der Waals surface area contributed by atoms with Gasteiger partial charge in [-0.05, 0) is 37.3 Å². The first-order chi connectivity index (χ1) is 14.9. The van der Waals surface area contributed by atoms with E-state index in [1.54, 1.807) is 35.2 Å². The summed E-state index contributed by atoms with van der Waals surface area (Å²) in [6.07, 6.45) is 1.87. The number of thiazole rings is 1. The molecular formula is C20H19ClN6O2S2. The molecule has 3 heterocycles. The number of aromatic amines is 1. The normalized spacial score (nSPS) is 16.0. The van der Waals surface area contributed by atoms with E-state index in [-0.39, 0.29) is 18.2 Å². The fourth-order valence-corrected chi connectivity index (χ4v) is 4.79. The van der Waals surface area contributed by atoms with E-state index in [2.05, 4.69) is 27.1 Å². The molecule has 1 unspecified atom stereocenters. The van der Waals surface area contributed by atoms with Gasteiger partial charge in [0.25, 0.3) is 0 Å². The van der Waals surface area contributed by atoms with Gasteiger partial charge in [-0.15, -0.1) is 6.58 Å². The number of aryl methyl sites for hydroxylation is 1. The summed E-state index contributed by atoms with van der Waals surface area (Å²) in [6, 6.07) is 7.04. The maximum absolute atomic E-state index is 12.8. The molecule has 0 radical (unpaired) electrons. The minimum Gasteiger partial charge on any atom is -0.312 e. The summed E-state index contributed by atoms with van der Waals surface area (Å²) in [4.78, 5) is 32.1. The van der Waals surface area contributed by atoms with Crippen molar-refractivity contribution in [2.24, 2.45) is 5.92 Å². The number of amides is 2. The Labute approximate surface area is 192 Å². The van der Waals surface area contributed by atoms with E-state index in [9.17, 15) is 9.59 Å². The predicted octanol–water partition coefficient (Wildman–Crippen LogP) is 4.20. The molecule has 2 N–H and O–H groups in total. The fourth-order valence-electron chi connectivity index (χ4n) is 3.43. The molecule has 1 aliphatic heterocycles. The molecule has 3 aromatic rings. The number of hydrogen-bond acceptors (Lipinski definition) is 6. The molecule has 8 nitrogen and oxygen atoms in total. The van der Waals surface area contributed by atoms with Crippen molar-refractivity contribution >= 4 is 57.8 Å². The minimum absolute atomic E-state index is 0.113. The van der Waals surface area contributed by atoms with E-state index < -0.39 is 5.92 Å². The van der Waals surface area contributed by atoms with Gasteiger partial charge in [0.1, 0.15) is 0 Å². The third-order valence-corrected chi connectivity index (χ3v) is 6.53. The third kappa shape index (κ3) is 4.32. The first-order valence-electron chi connectivity index (χ1n) is 9.48. The number of halogens is 1. The number of anilines is 2. The lowest BCUT2D eigenvalue weighted by atomic mass is 10.1. The molecule has 0 spiro atoms. The molecule has 0 aliphatic carbocycles. The molecule has 0 saturated carbocycles. The molecule has 1 atom stereocenters. The second-order valence-electron chi connectivity index (χ2n) is 7.06. The third-order valence-electron chi connectivity index (χ3n) is 4.92. The monoisotopic (exact) mass is 474 g/mol. The Hall–Kier alpha value is -2.82. The Morgan fingerprint density at radius 2 is 2.32 bits per heavy atom. The SMILES string of the molecule is C=CCn1c(-c2sc(NC(=O)C3CC(=O)N(c4cccc(Cl)c4)C3)nc2C)n[nH]c1=S. The number of carbonyl (C=O) groups is 2. The van der Waals surface area contributed by atoms with Gasteiger partial charge in [-0.25, -0.2) is 4.98 Å². The van der Waals surface area contributed by atoms with Crippen molar-refractivity contribution in [3.63, 3.8) is 0 Å². The Bertz CT molecular complexity index is 1230. The summed E-state index contributed by atoms with van der Waals surface area (Å²) in [7, 11) is 0. The van der Waals surface area contributed by atoms with E-state index in [4.69, 9.17) is 23.8 Å². The van der Waals surface area contributed by atoms with Crippen LogP contribution in [0.3, 0.4) is 0 Å². The lowest BCUT2D eigenvalue weighted by Gasteiger charge is -2.16. The molecule has 1 fully saturated rings. The molecule has 31 heavy (non-hydrogen) atoms. The lowest BCUT2D eigenvalue weighted by Crippen LogP contribution is -2.28. The zero-order valence-corrected chi connectivity index (χ0v) is 19.0. The van der Waals surface area contributed by atoms with Gasteiger partial charge in [-0.2, -0.15) is 5.10 Å². The Balaban J connectivity index is 1.50. The highest BCUT2D eigenvalue weighted by Gasteiger charge is 2.35. The largest absolute Gasteiger partial charge is 0.312 e. The molecule has 1 saturated heterocycles. The molecular weight excluding hydrogens is 456 g/mol. The maximum Gasteiger partial charge on any atom is 0.231 e. The number of nitrogens with one attached hydrogen (secondary N) is 2. The van der Waals surface area contributed by atoms with Crippen molar-refractivity contribution in [2.45, 2.75) is 19.9 Å². The summed E-state index contributed by atoms with van der Waals surface area (Å²) in [5, 5.41) is 10.9. The van der Waals surface area contributed by atoms with Gasteiger partial charge in [-0.3, -0.25) is 19.3 Å². The van der Waals surface area contributed by atoms with E-state index >= 15 is 0 Å². The summed E-state index contributed by atoms with van der Waals surface area (Å²) >= 11 is 12.6. The molecule has 2 aromatic heterocycles. The number of nitrogens with zero attached hydrogens (tertiary/aromatic N) is 4. The Morgan fingerprint density at radius 3 is 3.06 bits per heavy atom. The van der Waals surface area contributed by atoms with E-state index in [0.29, 0.717) is 39.5 Å². The summed E-state index contributed by atoms with van der Waals surface area (Å²) in [5.41, 5.74) is 1.41. The van der Waals surface area contributed by atoms with Crippen LogP contribution in [-0.4, -0.2) is 38.1 Å². The van der Waals surface area contributed by atoms with Crippen LogP contribution in [0, 0.1) is 17.6 Å². The summed E-state index contributed by atoms with van der Waals surface area (Å²) in [6.45, 7) is 6.39. The first kappa shape index (κ1) is 21.4. The Morgan fingerprint density at radius 1 is 1.52 bits per heavy atom. The van der Waals surface area contributed by atoms with Crippen LogP contribution in [0.1, 0.15) is 12.1 Å². The molecule has 1 aliphatic rings. The van der Waals surface area contributed by atoms with Gasteiger partial charge in [0.15, 0.2) is 15.7 Å². The van der Waals surface area contributed by atoms with Crippen LogP contribution in [-0.2, 0) is 16.1 Å². The Kier molecular flexibility index (Phi) is 6.03. The molecule has 2 amide bonds. The van der Waals surface area contributed by atoms with E-state index in [1.165, 1.54) is 11.3 Å². The van der Waals surface area contributed by atoms with Crippen LogP contribution in [0.25, 0.3) is 10.7 Å². The van der Waals surface area contributed by atoms with Crippen LogP contribution < -0.4 is 10.2 Å². The van der Waals surface area contributed by atoms with Crippen LogP contribution in [0.4, 0.5) is 10.8 Å². The smallest absolute Gasteiger partial charge is 0.231 e. The number of carbonyl (C=O) groups excluding carboxylic acids is 2. The van der Waals surface area contributed by atoms with Gasteiger partial charge in [0.2, 0.25) is 11.8 Å². The van der Waals surface area contributed by atoms with Crippen molar-refractivity contribution in [1.82, 2.24) is 19.7 Å². The van der Waals surface area contributed by atoms with Gasteiger partial charge >= 0.3 is 0 Å². The average Bonchev–Trinajstić information content (AvgIpc) is 3.40. The van der Waals surface area contributed by atoms with Crippen LogP contribution in [0.2, 0.25) is 5.02 Å². The molecule has 0 bridgehead atoms. The molecule has 1 aromatic carbocycles. The highest BCUT2D eigenvalue weighted by molar-refractivity contribution is 7.71. The number of aromatic nitrogens is 4. The summed E-state index contributed by atoms with van der Waals surface area (Å²) < 4.78 is 2.30. The number of allylic oxidation sites excluding steroid dienone is 1. The summed E-state index contributed by atoms with van der Waals surface area (Å²) in [5.74, 6) is -0.195. The average molecular weight is 475 g/mol. The number of rotatable bonds is 6. The van der Waals surface area contributed by atoms with E-state index in [0.717, 1.165) is 10.6 Å². The minimum atomic E-state index is -0.477. The second kappa shape index (κ2) is 8.74. The second-order valence-corrected chi connectivity index (χ2v) is 8.88. The van der Waals surface area contributed by atoms with Crippen LogP contribution >= 0.6 is 35.2 Å². The number of H-pyrrole nitrogens is 1. The molecule has 4 rings (SSSR count). The maximum atomic E-state index is 12.8. The molecule has 160 valence electrons.